The summed E-state index contributed by atoms with van der Waals surface area (Å²) in [6, 6.07) is 10.3. The van der Waals surface area contributed by atoms with Gasteiger partial charge in [-0.15, -0.1) is 0 Å². The van der Waals surface area contributed by atoms with Crippen LogP contribution in [0.5, 0.6) is 0 Å². The summed E-state index contributed by atoms with van der Waals surface area (Å²) in [6.07, 6.45) is 2.63. The van der Waals surface area contributed by atoms with Crippen molar-refractivity contribution in [3.05, 3.63) is 42.5 Å². The average molecular weight is 261 g/mol. The van der Waals surface area contributed by atoms with E-state index in [2.05, 4.69) is 6.07 Å². The zero-order valence-corrected chi connectivity index (χ0v) is 10.2. The highest BCUT2D eigenvalue weighted by atomic mass is 32.2. The molecule has 0 unspecified atom stereocenters. The fourth-order valence-corrected chi connectivity index (χ4v) is 4.52. The molecule has 1 fully saturated rings. The second kappa shape index (κ2) is 3.94. The minimum atomic E-state index is -3.53. The van der Waals surface area contributed by atoms with Gasteiger partial charge in [0.25, 0.3) is 0 Å². The molecule has 2 heterocycles. The van der Waals surface area contributed by atoms with Gasteiger partial charge in [0.15, 0.2) is 9.84 Å². The molecule has 0 aliphatic carbocycles. The van der Waals surface area contributed by atoms with Gasteiger partial charge in [0, 0.05) is 0 Å². The van der Waals surface area contributed by atoms with Crippen molar-refractivity contribution in [1.82, 2.24) is 0 Å². The zero-order valence-electron chi connectivity index (χ0n) is 9.43. The second-order valence-corrected chi connectivity index (χ2v) is 6.53. The van der Waals surface area contributed by atoms with Gasteiger partial charge in [-0.1, -0.05) is 30.4 Å². The number of sulfone groups is 1. The van der Waals surface area contributed by atoms with Gasteiger partial charge in [-0.05, 0) is 12.1 Å². The Morgan fingerprint density at radius 3 is 2.44 bits per heavy atom. The molecule has 0 saturated carbocycles. The minimum Gasteiger partial charge on any atom is -0.364 e. The number of nitriles is 1. The molecule has 18 heavy (non-hydrogen) atoms. The standard InChI is InChI=1S/C13H11NO3S/c14-8-10-11-6-7-12(17-11)13(10)18(15,16)9-4-2-1-3-5-9/h1-7,10-13H/t10-,11-,12+,13+/m1/s1. The summed E-state index contributed by atoms with van der Waals surface area (Å²) in [5.41, 5.74) is 0. The lowest BCUT2D eigenvalue weighted by Gasteiger charge is -2.19. The van der Waals surface area contributed by atoms with E-state index in [9.17, 15) is 8.42 Å². The van der Waals surface area contributed by atoms with Crippen molar-refractivity contribution in [2.24, 2.45) is 5.92 Å². The molecule has 1 saturated heterocycles. The molecule has 0 amide bonds. The first-order chi connectivity index (χ1) is 8.64. The normalized spacial score (nSPS) is 33.5. The average Bonchev–Trinajstić information content (AvgIpc) is 2.99. The number of hydrogen-bond donors (Lipinski definition) is 0. The summed E-state index contributed by atoms with van der Waals surface area (Å²) < 4.78 is 30.5. The Kier molecular flexibility index (Phi) is 2.51. The Bertz CT molecular complexity index is 630. The number of hydrogen-bond acceptors (Lipinski definition) is 4. The predicted octanol–water partition coefficient (Wildman–Crippen LogP) is 1.31. The smallest absolute Gasteiger partial charge is 0.185 e. The van der Waals surface area contributed by atoms with Crippen LogP contribution in [0, 0.1) is 17.2 Å². The van der Waals surface area contributed by atoms with Crippen LogP contribution in [0.2, 0.25) is 0 Å². The number of benzene rings is 1. The molecule has 1 aromatic rings. The summed E-state index contributed by atoms with van der Waals surface area (Å²) in [6.45, 7) is 0. The minimum absolute atomic E-state index is 0.250. The number of nitrogens with zero attached hydrogens (tertiary/aromatic N) is 1. The van der Waals surface area contributed by atoms with Gasteiger partial charge in [-0.3, -0.25) is 0 Å². The molecule has 4 atom stereocenters. The SMILES string of the molecule is N#C[C@H]1[C@H](S(=O)(=O)c2ccccc2)[C@@H]2C=C[C@H]1O2. The Hall–Kier alpha value is -1.64. The highest BCUT2D eigenvalue weighted by molar-refractivity contribution is 7.92. The van der Waals surface area contributed by atoms with Crippen LogP contribution in [-0.2, 0) is 14.6 Å². The number of fused-ring (bicyclic) bond motifs is 2. The summed E-state index contributed by atoms with van der Waals surface area (Å²) in [7, 11) is -3.53. The molecule has 92 valence electrons. The Balaban J connectivity index is 2.06. The van der Waals surface area contributed by atoms with Crippen LogP contribution in [0.15, 0.2) is 47.4 Å². The van der Waals surface area contributed by atoms with Crippen LogP contribution in [0.4, 0.5) is 0 Å². The van der Waals surface area contributed by atoms with Crippen molar-refractivity contribution in [3.63, 3.8) is 0 Å². The van der Waals surface area contributed by atoms with E-state index in [1.807, 2.05) is 0 Å². The van der Waals surface area contributed by atoms with Gasteiger partial charge in [-0.2, -0.15) is 5.26 Å². The maximum absolute atomic E-state index is 12.5. The third-order valence-electron chi connectivity index (χ3n) is 3.42. The first-order valence-electron chi connectivity index (χ1n) is 5.67. The third-order valence-corrected chi connectivity index (χ3v) is 5.62. The van der Waals surface area contributed by atoms with E-state index in [4.69, 9.17) is 10.00 Å². The second-order valence-electron chi connectivity index (χ2n) is 4.43. The van der Waals surface area contributed by atoms with Crippen molar-refractivity contribution in [2.75, 3.05) is 0 Å². The van der Waals surface area contributed by atoms with Crippen molar-refractivity contribution in [3.8, 4) is 6.07 Å². The fraction of sp³-hybridized carbons (Fsp3) is 0.308. The summed E-state index contributed by atoms with van der Waals surface area (Å²) in [5, 5.41) is 8.35. The number of ether oxygens (including phenoxy) is 1. The topological polar surface area (TPSA) is 67.2 Å². The molecule has 2 aliphatic rings. The van der Waals surface area contributed by atoms with Gasteiger partial charge < -0.3 is 4.74 Å². The predicted molar refractivity (Wildman–Crippen MR) is 64.3 cm³/mol. The number of rotatable bonds is 2. The van der Waals surface area contributed by atoms with Gasteiger partial charge in [0.05, 0.1) is 29.1 Å². The Morgan fingerprint density at radius 1 is 1.11 bits per heavy atom. The summed E-state index contributed by atoms with van der Waals surface area (Å²) >= 11 is 0. The van der Waals surface area contributed by atoms with Crippen LogP contribution in [-0.4, -0.2) is 25.9 Å². The Labute approximate surface area is 105 Å². The first-order valence-corrected chi connectivity index (χ1v) is 7.21. The molecule has 0 radical (unpaired) electrons. The van der Waals surface area contributed by atoms with Crippen LogP contribution < -0.4 is 0 Å². The van der Waals surface area contributed by atoms with Crippen LogP contribution in [0.25, 0.3) is 0 Å². The summed E-state index contributed by atoms with van der Waals surface area (Å²) in [4.78, 5) is 0.250. The summed E-state index contributed by atoms with van der Waals surface area (Å²) in [5.74, 6) is -0.620. The molecule has 3 rings (SSSR count). The highest BCUT2D eigenvalue weighted by Crippen LogP contribution is 2.40. The first kappa shape index (κ1) is 11.5. The van der Waals surface area contributed by atoms with Crippen molar-refractivity contribution < 1.29 is 13.2 Å². The lowest BCUT2D eigenvalue weighted by atomic mass is 9.95. The third kappa shape index (κ3) is 1.50. The van der Waals surface area contributed by atoms with E-state index in [-0.39, 0.29) is 11.0 Å². The molecule has 2 bridgehead atoms. The molecule has 0 aromatic heterocycles. The van der Waals surface area contributed by atoms with E-state index >= 15 is 0 Å². The van der Waals surface area contributed by atoms with Crippen LogP contribution in [0.1, 0.15) is 0 Å². The van der Waals surface area contributed by atoms with Crippen molar-refractivity contribution in [2.45, 2.75) is 22.4 Å². The highest BCUT2D eigenvalue weighted by Gasteiger charge is 2.53. The van der Waals surface area contributed by atoms with Gasteiger partial charge in [0.1, 0.15) is 5.25 Å². The lowest BCUT2D eigenvalue weighted by molar-refractivity contribution is 0.115. The Morgan fingerprint density at radius 2 is 1.78 bits per heavy atom. The van der Waals surface area contributed by atoms with Gasteiger partial charge in [0.2, 0.25) is 0 Å². The lowest BCUT2D eigenvalue weighted by Crippen LogP contribution is -2.36. The molecule has 4 nitrogen and oxygen atoms in total. The van der Waals surface area contributed by atoms with Crippen LogP contribution >= 0.6 is 0 Å². The van der Waals surface area contributed by atoms with Crippen molar-refractivity contribution in [1.29, 1.82) is 5.26 Å². The molecule has 2 aliphatic heterocycles. The molecule has 0 N–H and O–H groups in total. The van der Waals surface area contributed by atoms with Gasteiger partial charge in [-0.25, -0.2) is 8.42 Å². The fourth-order valence-electron chi connectivity index (χ4n) is 2.56. The zero-order chi connectivity index (χ0) is 12.8. The van der Waals surface area contributed by atoms with Crippen LogP contribution in [0.3, 0.4) is 0 Å². The maximum Gasteiger partial charge on any atom is 0.185 e. The largest absolute Gasteiger partial charge is 0.364 e. The van der Waals surface area contributed by atoms with E-state index in [0.29, 0.717) is 0 Å². The maximum atomic E-state index is 12.5. The van der Waals surface area contributed by atoms with E-state index in [1.165, 1.54) is 0 Å². The monoisotopic (exact) mass is 261 g/mol. The molecular formula is C13H11NO3S. The molecule has 1 aromatic carbocycles. The van der Waals surface area contributed by atoms with Gasteiger partial charge >= 0.3 is 0 Å². The van der Waals surface area contributed by atoms with E-state index < -0.39 is 27.1 Å². The molecular weight excluding hydrogens is 250 g/mol. The quantitative estimate of drug-likeness (QED) is 0.753. The molecule has 5 heteroatoms. The van der Waals surface area contributed by atoms with Crippen molar-refractivity contribution >= 4 is 9.84 Å². The van der Waals surface area contributed by atoms with E-state index in [1.54, 1.807) is 42.5 Å². The molecule has 0 spiro atoms. The van der Waals surface area contributed by atoms with E-state index in [0.717, 1.165) is 0 Å².